The third-order valence-corrected chi connectivity index (χ3v) is 3.94. The standard InChI is InChI=1S/C17H27N3O3/c1-19-9-8-15(14-19)18-17(21)20(10-12-22-2)11-13-23-16-6-4-3-5-7-16/h3-7,15H,8-14H2,1-2H3,(H,18,21)/t15-/m1/s1. The van der Waals surface area contributed by atoms with Crippen LogP contribution in [-0.4, -0.2) is 75.4 Å². The topological polar surface area (TPSA) is 54.0 Å². The lowest BCUT2D eigenvalue weighted by molar-refractivity contribution is 0.138. The second kappa shape index (κ2) is 9.37. The maximum absolute atomic E-state index is 12.4. The zero-order valence-corrected chi connectivity index (χ0v) is 14.0. The summed E-state index contributed by atoms with van der Waals surface area (Å²) in [5.41, 5.74) is 0. The molecule has 0 aromatic heterocycles. The molecular formula is C17H27N3O3. The Morgan fingerprint density at radius 3 is 2.70 bits per heavy atom. The Labute approximate surface area is 138 Å². The van der Waals surface area contributed by atoms with Crippen molar-refractivity contribution in [2.45, 2.75) is 12.5 Å². The molecule has 1 aliphatic rings. The smallest absolute Gasteiger partial charge is 0.317 e. The van der Waals surface area contributed by atoms with Crippen LogP contribution in [0.4, 0.5) is 4.79 Å². The predicted molar refractivity (Wildman–Crippen MR) is 89.8 cm³/mol. The van der Waals surface area contributed by atoms with Gasteiger partial charge in [0, 0.05) is 26.2 Å². The molecule has 1 heterocycles. The van der Waals surface area contributed by atoms with Crippen LogP contribution in [0.1, 0.15) is 6.42 Å². The van der Waals surface area contributed by atoms with Gasteiger partial charge in [0.1, 0.15) is 12.4 Å². The van der Waals surface area contributed by atoms with Crippen molar-refractivity contribution in [3.05, 3.63) is 30.3 Å². The number of likely N-dealkylation sites (tertiary alicyclic amines) is 1. The third-order valence-electron chi connectivity index (χ3n) is 3.94. The van der Waals surface area contributed by atoms with E-state index in [-0.39, 0.29) is 12.1 Å². The zero-order valence-electron chi connectivity index (χ0n) is 14.0. The lowest BCUT2D eigenvalue weighted by atomic mass is 10.3. The van der Waals surface area contributed by atoms with Crippen LogP contribution in [0.15, 0.2) is 30.3 Å². The number of likely N-dealkylation sites (N-methyl/N-ethyl adjacent to an activating group) is 1. The highest BCUT2D eigenvalue weighted by atomic mass is 16.5. The number of hydrogen-bond donors (Lipinski definition) is 1. The Hall–Kier alpha value is -1.79. The van der Waals surface area contributed by atoms with Crippen molar-refractivity contribution in [3.63, 3.8) is 0 Å². The number of urea groups is 1. The van der Waals surface area contributed by atoms with Gasteiger partial charge in [0.2, 0.25) is 0 Å². The van der Waals surface area contributed by atoms with Crippen molar-refractivity contribution in [2.75, 3.05) is 53.6 Å². The van der Waals surface area contributed by atoms with E-state index in [1.54, 1.807) is 12.0 Å². The van der Waals surface area contributed by atoms with E-state index >= 15 is 0 Å². The largest absolute Gasteiger partial charge is 0.492 e. The number of rotatable bonds is 8. The molecule has 6 nitrogen and oxygen atoms in total. The third kappa shape index (κ3) is 6.08. The molecule has 2 rings (SSSR count). The monoisotopic (exact) mass is 321 g/mol. The Balaban J connectivity index is 1.79. The number of benzene rings is 1. The summed E-state index contributed by atoms with van der Waals surface area (Å²) in [6.07, 6.45) is 1.00. The van der Waals surface area contributed by atoms with Gasteiger partial charge in [-0.2, -0.15) is 0 Å². The van der Waals surface area contributed by atoms with Crippen LogP contribution >= 0.6 is 0 Å². The molecule has 1 N–H and O–H groups in total. The van der Waals surface area contributed by atoms with E-state index in [1.165, 1.54) is 0 Å². The average molecular weight is 321 g/mol. The van der Waals surface area contributed by atoms with E-state index < -0.39 is 0 Å². The number of carbonyl (C=O) groups is 1. The minimum atomic E-state index is -0.0426. The Morgan fingerprint density at radius 2 is 2.04 bits per heavy atom. The first-order valence-electron chi connectivity index (χ1n) is 8.10. The molecule has 0 unspecified atom stereocenters. The lowest BCUT2D eigenvalue weighted by Crippen LogP contribution is -2.48. The minimum Gasteiger partial charge on any atom is -0.492 e. The first kappa shape index (κ1) is 17.6. The highest BCUT2D eigenvalue weighted by Gasteiger charge is 2.23. The SMILES string of the molecule is COCCN(CCOc1ccccc1)C(=O)N[C@@H]1CCN(C)C1. The number of nitrogens with one attached hydrogen (secondary N) is 1. The highest BCUT2D eigenvalue weighted by Crippen LogP contribution is 2.09. The van der Waals surface area contributed by atoms with E-state index in [4.69, 9.17) is 9.47 Å². The van der Waals surface area contributed by atoms with E-state index in [0.717, 1.165) is 25.3 Å². The van der Waals surface area contributed by atoms with Crippen LogP contribution in [0.25, 0.3) is 0 Å². The number of methoxy groups -OCH3 is 1. The molecule has 1 aromatic rings. The van der Waals surface area contributed by atoms with Crippen LogP contribution in [0, 0.1) is 0 Å². The molecule has 1 saturated heterocycles. The summed E-state index contributed by atoms with van der Waals surface area (Å²) < 4.78 is 10.8. The summed E-state index contributed by atoms with van der Waals surface area (Å²) in [5.74, 6) is 0.817. The molecular weight excluding hydrogens is 294 g/mol. The molecule has 128 valence electrons. The fourth-order valence-electron chi connectivity index (χ4n) is 2.63. The van der Waals surface area contributed by atoms with Gasteiger partial charge in [-0.25, -0.2) is 4.79 Å². The number of para-hydroxylation sites is 1. The Kier molecular flexibility index (Phi) is 7.16. The number of ether oxygens (including phenoxy) is 2. The molecule has 1 aromatic carbocycles. The maximum atomic E-state index is 12.4. The number of nitrogens with zero attached hydrogens (tertiary/aromatic N) is 2. The van der Waals surface area contributed by atoms with Gasteiger partial charge >= 0.3 is 6.03 Å². The molecule has 23 heavy (non-hydrogen) atoms. The first-order chi connectivity index (χ1) is 11.2. The number of carbonyl (C=O) groups excluding carboxylic acids is 1. The van der Waals surface area contributed by atoms with Crippen molar-refractivity contribution < 1.29 is 14.3 Å². The van der Waals surface area contributed by atoms with Crippen molar-refractivity contribution in [3.8, 4) is 5.75 Å². The molecule has 0 aliphatic carbocycles. The maximum Gasteiger partial charge on any atom is 0.317 e. The van der Waals surface area contributed by atoms with Gasteiger partial charge in [-0.1, -0.05) is 18.2 Å². The molecule has 1 atom stereocenters. The van der Waals surface area contributed by atoms with E-state index in [9.17, 15) is 4.79 Å². The van der Waals surface area contributed by atoms with Gasteiger partial charge in [0.05, 0.1) is 13.2 Å². The summed E-state index contributed by atoms with van der Waals surface area (Å²) in [6.45, 7) is 4.01. The first-order valence-corrected chi connectivity index (χ1v) is 8.10. The molecule has 2 amide bonds. The van der Waals surface area contributed by atoms with Crippen LogP contribution in [-0.2, 0) is 4.74 Å². The van der Waals surface area contributed by atoms with Crippen LogP contribution in [0.5, 0.6) is 5.75 Å². The average Bonchev–Trinajstić information content (AvgIpc) is 2.96. The predicted octanol–water partition coefficient (Wildman–Crippen LogP) is 1.43. The molecule has 0 radical (unpaired) electrons. The van der Waals surface area contributed by atoms with Crippen molar-refractivity contribution in [1.82, 2.24) is 15.1 Å². The molecule has 0 bridgehead atoms. The molecule has 6 heteroatoms. The van der Waals surface area contributed by atoms with Crippen molar-refractivity contribution in [2.24, 2.45) is 0 Å². The van der Waals surface area contributed by atoms with Crippen LogP contribution in [0.2, 0.25) is 0 Å². The van der Waals surface area contributed by atoms with Gasteiger partial charge in [0.25, 0.3) is 0 Å². The number of amides is 2. The summed E-state index contributed by atoms with van der Waals surface area (Å²) in [6, 6.07) is 9.82. The number of hydrogen-bond acceptors (Lipinski definition) is 4. The van der Waals surface area contributed by atoms with Gasteiger partial charge < -0.3 is 24.6 Å². The molecule has 1 fully saturated rings. The van der Waals surface area contributed by atoms with Crippen molar-refractivity contribution >= 4 is 6.03 Å². The quantitative estimate of drug-likeness (QED) is 0.787. The lowest BCUT2D eigenvalue weighted by Gasteiger charge is -2.25. The molecule has 0 spiro atoms. The summed E-state index contributed by atoms with van der Waals surface area (Å²) in [4.78, 5) is 16.4. The van der Waals surface area contributed by atoms with E-state index in [2.05, 4.69) is 17.3 Å². The van der Waals surface area contributed by atoms with Gasteiger partial charge in [0.15, 0.2) is 0 Å². The highest BCUT2D eigenvalue weighted by molar-refractivity contribution is 5.74. The normalized spacial score (nSPS) is 17.9. The summed E-state index contributed by atoms with van der Waals surface area (Å²) in [7, 11) is 3.71. The second-order valence-corrected chi connectivity index (χ2v) is 5.84. The summed E-state index contributed by atoms with van der Waals surface area (Å²) >= 11 is 0. The molecule has 1 aliphatic heterocycles. The van der Waals surface area contributed by atoms with Crippen LogP contribution in [0.3, 0.4) is 0 Å². The van der Waals surface area contributed by atoms with Crippen LogP contribution < -0.4 is 10.1 Å². The Morgan fingerprint density at radius 1 is 1.30 bits per heavy atom. The van der Waals surface area contributed by atoms with E-state index in [0.29, 0.717) is 26.3 Å². The van der Waals surface area contributed by atoms with Crippen molar-refractivity contribution in [1.29, 1.82) is 0 Å². The fraction of sp³-hybridized carbons (Fsp3) is 0.588. The van der Waals surface area contributed by atoms with Gasteiger partial charge in [-0.15, -0.1) is 0 Å². The Bertz CT molecular complexity index is 469. The fourth-order valence-corrected chi connectivity index (χ4v) is 2.63. The summed E-state index contributed by atoms with van der Waals surface area (Å²) in [5, 5.41) is 3.10. The zero-order chi connectivity index (χ0) is 16.5. The van der Waals surface area contributed by atoms with Gasteiger partial charge in [-0.3, -0.25) is 0 Å². The van der Waals surface area contributed by atoms with Gasteiger partial charge in [-0.05, 0) is 32.1 Å². The molecule has 0 saturated carbocycles. The minimum absolute atomic E-state index is 0.0426. The van der Waals surface area contributed by atoms with E-state index in [1.807, 2.05) is 30.3 Å². The second-order valence-electron chi connectivity index (χ2n) is 5.84.